The fraction of sp³-hybridized carbons (Fsp3) is 0.345. The average Bonchev–Trinajstić information content (AvgIpc) is 3.29. The number of pyridine rings is 1. The third-order valence-corrected chi connectivity index (χ3v) is 8.46. The molecule has 4 N–H and O–H groups in total. The topological polar surface area (TPSA) is 148 Å². The number of benzene rings is 1. The third-order valence-electron chi connectivity index (χ3n) is 8.46. The molecular formula is C29H25F4N7O4. The Kier molecular flexibility index (Phi) is 6.37. The van der Waals surface area contributed by atoms with Gasteiger partial charge in [0.1, 0.15) is 40.1 Å². The summed E-state index contributed by atoms with van der Waals surface area (Å²) < 4.78 is 62.1. The number of nitrogen functional groups attached to an aromatic ring is 1. The second-order valence-corrected chi connectivity index (χ2v) is 11.3. The smallest absolute Gasteiger partial charge is 0.382 e. The fourth-order valence-corrected chi connectivity index (χ4v) is 6.07. The number of carbonyl (C=O) groups excluding carboxylic acids is 2. The van der Waals surface area contributed by atoms with Gasteiger partial charge in [-0.15, -0.1) is 0 Å². The minimum Gasteiger partial charge on any atom is -0.382 e. The minimum absolute atomic E-state index is 0.0117. The van der Waals surface area contributed by atoms with E-state index in [9.17, 15) is 27.9 Å². The number of nitrogens with one attached hydrogen (secondary N) is 1. The molecule has 3 aromatic heterocycles. The molecule has 2 amide bonds. The first-order chi connectivity index (χ1) is 20.9. The molecule has 0 spiro atoms. The summed E-state index contributed by atoms with van der Waals surface area (Å²) in [4.78, 5) is 40.6. The van der Waals surface area contributed by atoms with Crippen molar-refractivity contribution >= 4 is 29.0 Å². The van der Waals surface area contributed by atoms with Crippen LogP contribution in [-0.4, -0.2) is 66.0 Å². The molecule has 0 bridgehead atoms. The van der Waals surface area contributed by atoms with Gasteiger partial charge in [0.2, 0.25) is 0 Å². The number of imidazole rings is 1. The molecule has 0 unspecified atom stereocenters. The van der Waals surface area contributed by atoms with Crippen molar-refractivity contribution < 1.29 is 37.0 Å². The Bertz CT molecular complexity index is 1820. The summed E-state index contributed by atoms with van der Waals surface area (Å²) in [6, 6.07) is 4.20. The molecule has 5 heterocycles. The lowest BCUT2D eigenvalue weighted by atomic mass is 10.0. The van der Waals surface area contributed by atoms with Gasteiger partial charge < -0.3 is 25.8 Å². The van der Waals surface area contributed by atoms with Crippen molar-refractivity contribution in [2.45, 2.75) is 43.1 Å². The van der Waals surface area contributed by atoms with Crippen LogP contribution in [0.5, 0.6) is 0 Å². The molecule has 11 nitrogen and oxygen atoms in total. The van der Waals surface area contributed by atoms with Crippen molar-refractivity contribution in [3.63, 3.8) is 0 Å². The van der Waals surface area contributed by atoms with Gasteiger partial charge in [-0.3, -0.25) is 14.0 Å². The van der Waals surface area contributed by atoms with E-state index < -0.39 is 41.0 Å². The summed E-state index contributed by atoms with van der Waals surface area (Å²) in [5.41, 5.74) is 4.06. The van der Waals surface area contributed by atoms with Crippen molar-refractivity contribution in [1.82, 2.24) is 24.3 Å². The number of aliphatic hydroxyl groups is 1. The molecule has 44 heavy (non-hydrogen) atoms. The van der Waals surface area contributed by atoms with Crippen LogP contribution in [0.4, 0.5) is 29.2 Å². The van der Waals surface area contributed by atoms with Gasteiger partial charge in [0.15, 0.2) is 0 Å². The largest absolute Gasteiger partial charge is 0.416 e. The Labute approximate surface area is 246 Å². The van der Waals surface area contributed by atoms with Crippen molar-refractivity contribution in [2.24, 2.45) is 5.92 Å². The Morgan fingerprint density at radius 3 is 2.64 bits per heavy atom. The number of likely N-dealkylation sites (tertiary alicyclic amines) is 1. The van der Waals surface area contributed by atoms with E-state index in [1.54, 1.807) is 15.5 Å². The first-order valence-corrected chi connectivity index (χ1v) is 13.8. The van der Waals surface area contributed by atoms with Crippen LogP contribution < -0.4 is 11.1 Å². The molecule has 2 aliphatic heterocycles. The maximum absolute atomic E-state index is 15.7. The van der Waals surface area contributed by atoms with Crippen molar-refractivity contribution in [1.29, 1.82) is 0 Å². The highest BCUT2D eigenvalue weighted by atomic mass is 19.4. The first kappa shape index (κ1) is 28.2. The van der Waals surface area contributed by atoms with Crippen LogP contribution in [0.2, 0.25) is 0 Å². The number of halogens is 4. The Balaban J connectivity index is 1.24. The number of ether oxygens (including phenoxy) is 1. The predicted octanol–water partition coefficient (Wildman–Crippen LogP) is 3.60. The number of hydrogen-bond acceptors (Lipinski definition) is 8. The van der Waals surface area contributed by atoms with E-state index >= 15 is 4.39 Å². The summed E-state index contributed by atoms with van der Waals surface area (Å²) in [5, 5.41) is 13.0. The van der Waals surface area contributed by atoms with Gasteiger partial charge in [0.25, 0.3) is 11.8 Å². The molecule has 0 radical (unpaired) electrons. The molecular weight excluding hydrogens is 586 g/mol. The summed E-state index contributed by atoms with van der Waals surface area (Å²) in [6.07, 6.45) is 0.594. The quantitative estimate of drug-likeness (QED) is 0.290. The van der Waals surface area contributed by atoms with E-state index in [4.69, 9.17) is 15.5 Å². The molecule has 228 valence electrons. The molecule has 3 aliphatic rings. The highest BCUT2D eigenvalue weighted by Gasteiger charge is 2.57. The fourth-order valence-electron chi connectivity index (χ4n) is 6.07. The molecule has 2 saturated heterocycles. The van der Waals surface area contributed by atoms with Gasteiger partial charge in [-0.25, -0.2) is 19.3 Å². The number of nitrogens with two attached hydrogens (primary N) is 1. The van der Waals surface area contributed by atoms with E-state index in [-0.39, 0.29) is 45.9 Å². The average molecular weight is 612 g/mol. The zero-order valence-corrected chi connectivity index (χ0v) is 22.9. The minimum atomic E-state index is -4.63. The summed E-state index contributed by atoms with van der Waals surface area (Å²) in [5.74, 6) is -1.96. The lowest BCUT2D eigenvalue weighted by Gasteiger charge is -2.30. The van der Waals surface area contributed by atoms with Crippen molar-refractivity contribution in [2.75, 3.05) is 24.3 Å². The van der Waals surface area contributed by atoms with Crippen LogP contribution in [0, 0.1) is 11.7 Å². The van der Waals surface area contributed by atoms with Crippen LogP contribution >= 0.6 is 0 Å². The monoisotopic (exact) mass is 611 g/mol. The normalized spacial score (nSPS) is 22.3. The molecule has 15 heteroatoms. The zero-order chi connectivity index (χ0) is 31.0. The number of amides is 2. The maximum Gasteiger partial charge on any atom is 0.416 e. The predicted molar refractivity (Wildman–Crippen MR) is 146 cm³/mol. The van der Waals surface area contributed by atoms with Crippen LogP contribution in [-0.2, 0) is 15.7 Å². The summed E-state index contributed by atoms with van der Waals surface area (Å²) >= 11 is 0. The van der Waals surface area contributed by atoms with Gasteiger partial charge in [-0.1, -0.05) is 0 Å². The van der Waals surface area contributed by atoms with Crippen LogP contribution in [0.25, 0.3) is 16.8 Å². The highest BCUT2D eigenvalue weighted by Crippen LogP contribution is 2.48. The van der Waals surface area contributed by atoms with E-state index in [1.165, 1.54) is 18.3 Å². The van der Waals surface area contributed by atoms with Gasteiger partial charge in [0.05, 0.1) is 30.9 Å². The molecule has 7 rings (SSSR count). The van der Waals surface area contributed by atoms with Crippen molar-refractivity contribution in [3.8, 4) is 11.3 Å². The number of alkyl halides is 3. The van der Waals surface area contributed by atoms with Crippen LogP contribution in [0.15, 0.2) is 48.9 Å². The number of anilines is 2. The number of rotatable bonds is 5. The van der Waals surface area contributed by atoms with E-state index in [0.29, 0.717) is 44.4 Å². The van der Waals surface area contributed by atoms with Gasteiger partial charge in [-0.05, 0) is 49.6 Å². The summed E-state index contributed by atoms with van der Waals surface area (Å²) in [6.45, 7) is 0.786. The van der Waals surface area contributed by atoms with Crippen LogP contribution in [0.3, 0.4) is 0 Å². The first-order valence-electron chi connectivity index (χ1n) is 13.8. The summed E-state index contributed by atoms with van der Waals surface area (Å²) in [7, 11) is 0. The molecule has 3 fully saturated rings. The van der Waals surface area contributed by atoms with Crippen LogP contribution in [0.1, 0.15) is 47.1 Å². The van der Waals surface area contributed by atoms with Gasteiger partial charge in [0, 0.05) is 35.6 Å². The number of fused-ring (bicyclic) bond motifs is 2. The lowest BCUT2D eigenvalue weighted by molar-refractivity contribution is -0.146. The number of nitrogens with zero attached hydrogens (tertiary/aromatic N) is 5. The standard InChI is InChI=1S/C29H25F4N7O4/c30-18-9-14(26(41)37-21-11-16(3-6-35-21)29(31,32)33)1-2-17(18)22-23-24(34)36-7-8-39(23)25(38-22)19-10-15-12-44-13-20(15)40(19)27(42)28(43)4-5-28/h1-3,6-9,11,15,19-20,43H,4-5,10,12-13H2,(H2,34,36)(H,35,37,41)/t15-,19-,20+/m0/s1. The Morgan fingerprint density at radius 1 is 1.11 bits per heavy atom. The molecule has 3 atom stereocenters. The SMILES string of the molecule is Nc1nccn2c([C@@H]3C[C@H]4COC[C@H]4N3C(=O)C3(O)CC3)nc(-c3ccc(C(=O)Nc4cc(C(F)(F)F)ccn4)cc3F)c12. The number of carbonyl (C=O) groups is 2. The highest BCUT2D eigenvalue weighted by molar-refractivity contribution is 6.04. The molecule has 4 aromatic rings. The van der Waals surface area contributed by atoms with Gasteiger partial charge in [-0.2, -0.15) is 13.2 Å². The van der Waals surface area contributed by atoms with E-state index in [1.807, 2.05) is 0 Å². The maximum atomic E-state index is 15.7. The molecule has 1 aliphatic carbocycles. The van der Waals surface area contributed by atoms with E-state index in [2.05, 4.69) is 15.3 Å². The molecule has 1 saturated carbocycles. The number of hydrogen-bond donors (Lipinski definition) is 3. The second kappa shape index (κ2) is 9.95. The second-order valence-electron chi connectivity index (χ2n) is 11.3. The van der Waals surface area contributed by atoms with Crippen molar-refractivity contribution in [3.05, 3.63) is 71.7 Å². The number of aromatic nitrogens is 4. The zero-order valence-electron chi connectivity index (χ0n) is 22.9. The Morgan fingerprint density at radius 2 is 1.91 bits per heavy atom. The van der Waals surface area contributed by atoms with Gasteiger partial charge >= 0.3 is 6.18 Å². The van der Waals surface area contributed by atoms with E-state index in [0.717, 1.165) is 18.3 Å². The Hall–Kier alpha value is -4.63. The molecule has 1 aromatic carbocycles. The third kappa shape index (κ3) is 4.63. The lowest BCUT2D eigenvalue weighted by Crippen LogP contribution is -2.46.